The predicted molar refractivity (Wildman–Crippen MR) is 67.3 cm³/mol. The average molecular weight is 262 g/mol. The summed E-state index contributed by atoms with van der Waals surface area (Å²) in [5, 5.41) is 28.2. The van der Waals surface area contributed by atoms with Crippen molar-refractivity contribution in [3.05, 3.63) is 48.0 Å². The molecule has 0 saturated carbocycles. The summed E-state index contributed by atoms with van der Waals surface area (Å²) in [5.41, 5.74) is -0.0425. The monoisotopic (exact) mass is 262 g/mol. The summed E-state index contributed by atoms with van der Waals surface area (Å²) in [7, 11) is 0. The largest absolute Gasteiger partial charge is 0.504 e. The van der Waals surface area contributed by atoms with Crippen molar-refractivity contribution in [1.82, 2.24) is 0 Å². The fraction of sp³-hybridized carbons (Fsp3) is 0. The van der Waals surface area contributed by atoms with Gasteiger partial charge in [-0.3, -0.25) is 0 Å². The molecule has 0 amide bonds. The Kier molecular flexibility index (Phi) is 3.43. The first kappa shape index (κ1) is 12.3. The van der Waals surface area contributed by atoms with Crippen molar-refractivity contribution in [3.63, 3.8) is 0 Å². The molecule has 5 heteroatoms. The molecule has 0 atom stereocenters. The van der Waals surface area contributed by atoms with Gasteiger partial charge in [0.2, 0.25) is 0 Å². The molecule has 0 aliphatic heterocycles. The average Bonchev–Trinajstić information content (AvgIpc) is 2.36. The molecule has 0 radical (unpaired) electrons. The second-order valence-corrected chi connectivity index (χ2v) is 4.61. The van der Waals surface area contributed by atoms with E-state index in [1.165, 1.54) is 6.07 Å². The molecule has 0 bridgehead atoms. The van der Waals surface area contributed by atoms with E-state index in [0.717, 1.165) is 22.7 Å². The summed E-state index contributed by atoms with van der Waals surface area (Å²) in [6.45, 7) is 0. The Morgan fingerprint density at radius 2 is 1.67 bits per heavy atom. The van der Waals surface area contributed by atoms with Gasteiger partial charge >= 0.3 is 5.97 Å². The van der Waals surface area contributed by atoms with Crippen LogP contribution in [0.2, 0.25) is 0 Å². The van der Waals surface area contributed by atoms with Crippen molar-refractivity contribution in [3.8, 4) is 11.5 Å². The highest BCUT2D eigenvalue weighted by Crippen LogP contribution is 2.41. The second-order valence-electron chi connectivity index (χ2n) is 3.53. The van der Waals surface area contributed by atoms with E-state index in [9.17, 15) is 15.0 Å². The minimum Gasteiger partial charge on any atom is -0.504 e. The van der Waals surface area contributed by atoms with E-state index in [1.807, 2.05) is 18.2 Å². The molecular weight excluding hydrogens is 252 g/mol. The highest BCUT2D eigenvalue weighted by atomic mass is 32.2. The van der Waals surface area contributed by atoms with Crippen molar-refractivity contribution in [2.45, 2.75) is 9.79 Å². The first-order valence-corrected chi connectivity index (χ1v) is 5.92. The number of carboxylic acids is 1. The Morgan fingerprint density at radius 1 is 1.00 bits per heavy atom. The van der Waals surface area contributed by atoms with Crippen molar-refractivity contribution in [2.24, 2.45) is 0 Å². The van der Waals surface area contributed by atoms with E-state index in [-0.39, 0.29) is 16.2 Å². The molecule has 0 saturated heterocycles. The molecule has 0 aliphatic rings. The number of phenolic OH excluding ortho intramolecular Hbond substituents is 2. The molecule has 0 unspecified atom stereocenters. The van der Waals surface area contributed by atoms with E-state index in [0.29, 0.717) is 0 Å². The lowest BCUT2D eigenvalue weighted by molar-refractivity contribution is 0.0692. The van der Waals surface area contributed by atoms with Crippen molar-refractivity contribution < 1.29 is 20.1 Å². The highest BCUT2D eigenvalue weighted by molar-refractivity contribution is 7.99. The van der Waals surface area contributed by atoms with E-state index in [2.05, 4.69) is 0 Å². The molecule has 0 spiro atoms. The van der Waals surface area contributed by atoms with Crippen LogP contribution in [-0.2, 0) is 0 Å². The molecule has 2 aromatic carbocycles. The smallest absolute Gasteiger partial charge is 0.336 e. The summed E-state index contributed by atoms with van der Waals surface area (Å²) in [6.07, 6.45) is 0. The van der Waals surface area contributed by atoms with Crippen LogP contribution in [0.3, 0.4) is 0 Å². The SMILES string of the molecule is O=C(O)c1ccc(O)c(O)c1Sc1ccccc1. The van der Waals surface area contributed by atoms with Gasteiger partial charge in [-0.15, -0.1) is 0 Å². The standard InChI is InChI=1S/C13H10O4S/c14-10-7-6-9(13(16)17)12(11(10)15)18-8-4-2-1-3-5-8/h1-7,14-15H,(H,16,17). The summed E-state index contributed by atoms with van der Waals surface area (Å²) >= 11 is 1.09. The number of aromatic carboxylic acids is 1. The lowest BCUT2D eigenvalue weighted by Gasteiger charge is -2.09. The van der Waals surface area contributed by atoms with Crippen LogP contribution in [0.4, 0.5) is 0 Å². The van der Waals surface area contributed by atoms with Crippen molar-refractivity contribution in [2.75, 3.05) is 0 Å². The Bertz CT molecular complexity index is 581. The van der Waals surface area contributed by atoms with E-state index in [1.54, 1.807) is 12.1 Å². The Morgan fingerprint density at radius 3 is 2.28 bits per heavy atom. The van der Waals surface area contributed by atoms with Crippen LogP contribution in [0.1, 0.15) is 10.4 Å². The normalized spacial score (nSPS) is 10.2. The molecule has 0 fully saturated rings. The van der Waals surface area contributed by atoms with Crippen molar-refractivity contribution in [1.29, 1.82) is 0 Å². The topological polar surface area (TPSA) is 77.8 Å². The number of carbonyl (C=O) groups is 1. The van der Waals surface area contributed by atoms with Crippen LogP contribution in [0.25, 0.3) is 0 Å². The summed E-state index contributed by atoms with van der Waals surface area (Å²) < 4.78 is 0. The lowest BCUT2D eigenvalue weighted by atomic mass is 10.2. The molecule has 2 aromatic rings. The lowest BCUT2D eigenvalue weighted by Crippen LogP contribution is -1.98. The van der Waals surface area contributed by atoms with Gasteiger partial charge in [-0.25, -0.2) is 4.79 Å². The molecular formula is C13H10O4S. The number of aromatic hydroxyl groups is 2. The third kappa shape index (κ3) is 2.41. The number of carboxylic acid groups (broad SMARTS) is 1. The van der Waals surface area contributed by atoms with Crippen LogP contribution in [0, 0.1) is 0 Å². The summed E-state index contributed by atoms with van der Waals surface area (Å²) in [4.78, 5) is 12.0. The van der Waals surface area contributed by atoms with E-state index in [4.69, 9.17) is 5.11 Å². The number of hydrogen-bond donors (Lipinski definition) is 3. The number of hydrogen-bond acceptors (Lipinski definition) is 4. The third-order valence-electron chi connectivity index (χ3n) is 2.30. The van der Waals surface area contributed by atoms with Crippen LogP contribution in [0.15, 0.2) is 52.3 Å². The van der Waals surface area contributed by atoms with E-state index < -0.39 is 11.7 Å². The Balaban J connectivity index is 2.48. The van der Waals surface area contributed by atoms with Crippen LogP contribution >= 0.6 is 11.8 Å². The first-order valence-electron chi connectivity index (χ1n) is 5.10. The van der Waals surface area contributed by atoms with Gasteiger partial charge in [0, 0.05) is 4.90 Å². The maximum absolute atomic E-state index is 11.1. The van der Waals surface area contributed by atoms with Gasteiger partial charge in [-0.05, 0) is 24.3 Å². The fourth-order valence-electron chi connectivity index (χ4n) is 1.44. The summed E-state index contributed by atoms with van der Waals surface area (Å²) in [5.74, 6) is -1.90. The minimum absolute atomic E-state index is 0.0425. The van der Waals surface area contributed by atoms with Gasteiger partial charge in [0.15, 0.2) is 11.5 Å². The molecule has 0 aromatic heterocycles. The summed E-state index contributed by atoms with van der Waals surface area (Å²) in [6, 6.07) is 11.5. The van der Waals surface area contributed by atoms with Crippen LogP contribution < -0.4 is 0 Å². The van der Waals surface area contributed by atoms with Gasteiger partial charge in [-0.1, -0.05) is 30.0 Å². The minimum atomic E-state index is -1.15. The van der Waals surface area contributed by atoms with Crippen molar-refractivity contribution >= 4 is 17.7 Å². The van der Waals surface area contributed by atoms with E-state index >= 15 is 0 Å². The quantitative estimate of drug-likeness (QED) is 0.741. The molecule has 0 heterocycles. The second kappa shape index (κ2) is 5.01. The maximum Gasteiger partial charge on any atom is 0.336 e. The molecule has 0 aliphatic carbocycles. The fourth-order valence-corrected chi connectivity index (χ4v) is 2.43. The number of benzene rings is 2. The Labute approximate surface area is 108 Å². The molecule has 18 heavy (non-hydrogen) atoms. The zero-order valence-corrected chi connectivity index (χ0v) is 10.0. The zero-order valence-electron chi connectivity index (χ0n) is 9.20. The first-order chi connectivity index (χ1) is 8.59. The van der Waals surface area contributed by atoms with Crippen LogP contribution in [-0.4, -0.2) is 21.3 Å². The molecule has 3 N–H and O–H groups in total. The molecule has 4 nitrogen and oxygen atoms in total. The maximum atomic E-state index is 11.1. The predicted octanol–water partition coefficient (Wildman–Crippen LogP) is 2.95. The highest BCUT2D eigenvalue weighted by Gasteiger charge is 2.18. The Hall–Kier alpha value is -2.14. The van der Waals surface area contributed by atoms with Gasteiger partial charge in [-0.2, -0.15) is 0 Å². The third-order valence-corrected chi connectivity index (χ3v) is 3.43. The zero-order chi connectivity index (χ0) is 13.1. The number of rotatable bonds is 3. The van der Waals surface area contributed by atoms with Crippen LogP contribution in [0.5, 0.6) is 11.5 Å². The van der Waals surface area contributed by atoms with Gasteiger partial charge in [0.1, 0.15) is 0 Å². The molecule has 92 valence electrons. The van der Waals surface area contributed by atoms with Gasteiger partial charge in [0.05, 0.1) is 10.5 Å². The van der Waals surface area contributed by atoms with Gasteiger partial charge in [0.25, 0.3) is 0 Å². The molecule has 2 rings (SSSR count). The van der Waals surface area contributed by atoms with Gasteiger partial charge < -0.3 is 15.3 Å². The number of phenols is 2.